The number of guanidine groups is 1. The maximum absolute atomic E-state index is 14.3. The molecule has 1 aliphatic rings. The van der Waals surface area contributed by atoms with Gasteiger partial charge < -0.3 is 10.2 Å². The smallest absolute Gasteiger partial charge is 0.193 e. The van der Waals surface area contributed by atoms with E-state index in [0.29, 0.717) is 44.2 Å². The molecule has 1 saturated heterocycles. The summed E-state index contributed by atoms with van der Waals surface area (Å²) in [5.74, 6) is -0.377. The van der Waals surface area contributed by atoms with Crippen molar-refractivity contribution in [1.82, 2.24) is 15.1 Å². The van der Waals surface area contributed by atoms with Crippen molar-refractivity contribution in [2.45, 2.75) is 44.9 Å². The summed E-state index contributed by atoms with van der Waals surface area (Å²) in [5.41, 5.74) is 0.516. The quantitative estimate of drug-likeness (QED) is 0.540. The van der Waals surface area contributed by atoms with Crippen molar-refractivity contribution in [1.29, 1.82) is 0 Å². The Morgan fingerprint density at radius 1 is 1.20 bits per heavy atom. The van der Waals surface area contributed by atoms with Crippen LogP contribution in [0.4, 0.5) is 8.78 Å². The monoisotopic (exact) mass is 444 g/mol. The number of hydrogen-bond acceptors (Lipinski definition) is 4. The molecule has 1 fully saturated rings. The predicted molar refractivity (Wildman–Crippen MR) is 117 cm³/mol. The van der Waals surface area contributed by atoms with E-state index in [1.54, 1.807) is 27.8 Å². The van der Waals surface area contributed by atoms with Gasteiger partial charge in [-0.1, -0.05) is 13.0 Å². The van der Waals surface area contributed by atoms with Gasteiger partial charge in [0.25, 0.3) is 0 Å². The maximum atomic E-state index is 14.3. The fraction of sp³-hybridized carbons (Fsp3) is 0.667. The molecule has 1 atom stereocenters. The molecular weight excluding hydrogens is 410 g/mol. The minimum absolute atomic E-state index is 0.0389. The van der Waals surface area contributed by atoms with Crippen LogP contribution in [0.1, 0.15) is 45.7 Å². The van der Waals surface area contributed by atoms with Gasteiger partial charge in [-0.15, -0.1) is 0 Å². The number of hydrogen-bond donors (Lipinski definition) is 1. The van der Waals surface area contributed by atoms with E-state index in [1.165, 1.54) is 12.1 Å². The van der Waals surface area contributed by atoms with Crippen molar-refractivity contribution in [3.8, 4) is 0 Å². The van der Waals surface area contributed by atoms with E-state index < -0.39 is 26.2 Å². The van der Waals surface area contributed by atoms with E-state index in [1.807, 2.05) is 6.92 Å². The number of sulfone groups is 1. The molecule has 0 amide bonds. The molecule has 0 spiro atoms. The molecule has 2 rings (SSSR count). The Bertz CT molecular complexity index is 845. The van der Waals surface area contributed by atoms with Crippen molar-refractivity contribution in [2.24, 2.45) is 4.99 Å². The van der Waals surface area contributed by atoms with Crippen LogP contribution in [0.15, 0.2) is 23.2 Å². The average molecular weight is 445 g/mol. The van der Waals surface area contributed by atoms with Gasteiger partial charge >= 0.3 is 0 Å². The zero-order valence-corrected chi connectivity index (χ0v) is 19.4. The second kappa shape index (κ2) is 10.0. The molecule has 6 nitrogen and oxygen atoms in total. The zero-order chi connectivity index (χ0) is 22.5. The van der Waals surface area contributed by atoms with Gasteiger partial charge in [-0.25, -0.2) is 17.2 Å². The van der Waals surface area contributed by atoms with E-state index in [-0.39, 0.29) is 11.8 Å². The number of halogens is 2. The van der Waals surface area contributed by atoms with E-state index in [2.05, 4.69) is 20.1 Å². The second-order valence-electron chi connectivity index (χ2n) is 8.52. The highest BCUT2D eigenvalue weighted by molar-refractivity contribution is 7.92. The van der Waals surface area contributed by atoms with Crippen LogP contribution in [0.3, 0.4) is 0 Å². The van der Waals surface area contributed by atoms with E-state index in [0.717, 1.165) is 12.5 Å². The van der Waals surface area contributed by atoms with Crippen LogP contribution in [0.2, 0.25) is 0 Å². The molecular formula is C21H34F2N4O2S. The third-order valence-corrected chi connectivity index (χ3v) is 8.17. The highest BCUT2D eigenvalue weighted by Gasteiger charge is 2.29. The van der Waals surface area contributed by atoms with Gasteiger partial charge in [-0.2, -0.15) is 0 Å². The summed E-state index contributed by atoms with van der Waals surface area (Å²) < 4.78 is 51.3. The Hall–Kier alpha value is -1.74. The van der Waals surface area contributed by atoms with Crippen molar-refractivity contribution in [3.05, 3.63) is 35.4 Å². The Labute approximate surface area is 179 Å². The van der Waals surface area contributed by atoms with Crippen LogP contribution in [0, 0.1) is 11.6 Å². The highest BCUT2D eigenvalue weighted by atomic mass is 32.2. The van der Waals surface area contributed by atoms with Gasteiger partial charge in [-0.3, -0.25) is 9.89 Å². The van der Waals surface area contributed by atoms with Crippen LogP contribution in [0.5, 0.6) is 0 Å². The van der Waals surface area contributed by atoms with Gasteiger partial charge in [0.2, 0.25) is 0 Å². The third-order valence-electron chi connectivity index (χ3n) is 5.56. The van der Waals surface area contributed by atoms with Crippen LogP contribution < -0.4 is 5.32 Å². The van der Waals surface area contributed by atoms with Crippen molar-refractivity contribution in [3.63, 3.8) is 0 Å². The van der Waals surface area contributed by atoms with Gasteiger partial charge in [0.05, 0.1) is 10.5 Å². The third kappa shape index (κ3) is 5.91. The van der Waals surface area contributed by atoms with Crippen LogP contribution >= 0.6 is 0 Å². The molecule has 0 aliphatic carbocycles. The minimum atomic E-state index is -3.20. The summed E-state index contributed by atoms with van der Waals surface area (Å²) in [5, 5.41) is 3.15. The average Bonchev–Trinajstić information content (AvgIpc) is 2.67. The van der Waals surface area contributed by atoms with Gasteiger partial charge in [0.15, 0.2) is 15.8 Å². The fourth-order valence-corrected chi connectivity index (χ4v) is 4.61. The molecule has 1 aromatic rings. The molecule has 1 aliphatic heterocycles. The summed E-state index contributed by atoms with van der Waals surface area (Å²) in [7, 11) is -1.52. The van der Waals surface area contributed by atoms with Crippen LogP contribution in [-0.2, 0) is 9.84 Å². The zero-order valence-electron chi connectivity index (χ0n) is 18.6. The van der Waals surface area contributed by atoms with E-state index in [4.69, 9.17) is 0 Å². The number of nitrogens with one attached hydrogen (secondary N) is 1. The first-order valence-electron chi connectivity index (χ1n) is 10.4. The standard InChI is InChI=1S/C21H34F2N4O2S/c1-6-19(17-8-7-16(22)15-18(17)23)26-10-12-27(13-11-26)20(24-5)25-9-14-30(28,29)21(2,3)4/h7-8,15,19H,6,9-14H2,1-5H3,(H,24,25). The van der Waals surface area contributed by atoms with Crippen LogP contribution in [-0.4, -0.2) is 74.4 Å². The molecule has 0 bridgehead atoms. The molecule has 1 unspecified atom stereocenters. The molecule has 0 radical (unpaired) electrons. The highest BCUT2D eigenvalue weighted by Crippen LogP contribution is 2.28. The van der Waals surface area contributed by atoms with Gasteiger partial charge in [0, 0.05) is 57.4 Å². The lowest BCUT2D eigenvalue weighted by molar-refractivity contribution is 0.125. The second-order valence-corrected chi connectivity index (χ2v) is 11.4. The Morgan fingerprint density at radius 2 is 1.83 bits per heavy atom. The lowest BCUT2D eigenvalue weighted by Crippen LogP contribution is -2.53. The van der Waals surface area contributed by atoms with Gasteiger partial charge in [0.1, 0.15) is 11.6 Å². The topological polar surface area (TPSA) is 65.0 Å². The minimum Gasteiger partial charge on any atom is -0.355 e. The SMILES string of the molecule is CCC(c1ccc(F)cc1F)N1CCN(C(=NC)NCCS(=O)(=O)C(C)(C)C)CC1. The molecule has 30 heavy (non-hydrogen) atoms. The molecule has 1 heterocycles. The summed E-state index contributed by atoms with van der Waals surface area (Å²) >= 11 is 0. The summed E-state index contributed by atoms with van der Waals surface area (Å²) in [6, 6.07) is 3.65. The van der Waals surface area contributed by atoms with Crippen molar-refractivity contribution >= 4 is 15.8 Å². The number of aliphatic imine (C=N–C) groups is 1. The fourth-order valence-electron chi connectivity index (χ4n) is 3.63. The van der Waals surface area contributed by atoms with E-state index in [9.17, 15) is 17.2 Å². The number of benzene rings is 1. The molecule has 9 heteroatoms. The Balaban J connectivity index is 1.94. The van der Waals surface area contributed by atoms with E-state index >= 15 is 0 Å². The molecule has 0 saturated carbocycles. The lowest BCUT2D eigenvalue weighted by Gasteiger charge is -2.40. The number of nitrogens with zero attached hydrogens (tertiary/aromatic N) is 3. The molecule has 1 aromatic carbocycles. The first kappa shape index (κ1) is 24.5. The van der Waals surface area contributed by atoms with Crippen molar-refractivity contribution in [2.75, 3.05) is 45.5 Å². The van der Waals surface area contributed by atoms with Crippen LogP contribution in [0.25, 0.3) is 0 Å². The first-order valence-corrected chi connectivity index (χ1v) is 12.0. The molecule has 170 valence electrons. The molecule has 1 N–H and O–H groups in total. The summed E-state index contributed by atoms with van der Waals surface area (Å²) in [4.78, 5) is 8.56. The largest absolute Gasteiger partial charge is 0.355 e. The first-order chi connectivity index (χ1) is 14.0. The summed E-state index contributed by atoms with van der Waals surface area (Å²) in [6.07, 6.45) is 0.722. The molecule has 0 aromatic heterocycles. The normalized spacial score (nSPS) is 17.8. The maximum Gasteiger partial charge on any atom is 0.193 e. The van der Waals surface area contributed by atoms with Gasteiger partial charge in [-0.05, 0) is 33.3 Å². The summed E-state index contributed by atoms with van der Waals surface area (Å²) in [6.45, 7) is 10.2. The van der Waals surface area contributed by atoms with Crippen molar-refractivity contribution < 1.29 is 17.2 Å². The lowest BCUT2D eigenvalue weighted by atomic mass is 10.0. The number of rotatable bonds is 6. The predicted octanol–water partition coefficient (Wildman–Crippen LogP) is 2.82. The number of piperazine rings is 1. The Morgan fingerprint density at radius 3 is 2.33 bits per heavy atom. The Kier molecular flexibility index (Phi) is 8.21.